The van der Waals surface area contributed by atoms with Gasteiger partial charge in [-0.15, -0.1) is 0 Å². The molecular weight excluding hydrogens is 398 g/mol. The molecule has 0 amide bonds. The molecular formula is C30H24F2. The van der Waals surface area contributed by atoms with Crippen LogP contribution in [0.15, 0.2) is 104 Å². The summed E-state index contributed by atoms with van der Waals surface area (Å²) in [5.74, 6) is -1.22. The van der Waals surface area contributed by atoms with Gasteiger partial charge < -0.3 is 0 Å². The van der Waals surface area contributed by atoms with Gasteiger partial charge in [0.2, 0.25) is 0 Å². The van der Waals surface area contributed by atoms with Crippen molar-refractivity contribution < 1.29 is 8.78 Å². The van der Waals surface area contributed by atoms with Gasteiger partial charge >= 0.3 is 0 Å². The standard InChI is InChI=1S/C30H24F2/c1-20-12-27(23-8-5-4-6-9-23)16-28(13-20)25-11-7-10-24(15-25)21(2)14-22(3)26-17-29(31)19-30(32)18-26/h4-19H,3H2,1-2H3/b21-14+. The Labute approximate surface area is 188 Å². The largest absolute Gasteiger partial charge is 0.207 e. The quantitative estimate of drug-likeness (QED) is 0.282. The summed E-state index contributed by atoms with van der Waals surface area (Å²) in [5, 5.41) is 0. The van der Waals surface area contributed by atoms with Crippen molar-refractivity contribution in [2.75, 3.05) is 0 Å². The molecule has 0 aromatic heterocycles. The summed E-state index contributed by atoms with van der Waals surface area (Å²) in [4.78, 5) is 0. The van der Waals surface area contributed by atoms with Crippen LogP contribution in [0.25, 0.3) is 33.4 Å². The zero-order valence-electron chi connectivity index (χ0n) is 18.2. The van der Waals surface area contributed by atoms with Gasteiger partial charge in [-0.1, -0.05) is 73.3 Å². The van der Waals surface area contributed by atoms with Crippen molar-refractivity contribution in [3.05, 3.63) is 132 Å². The maximum atomic E-state index is 13.6. The average Bonchev–Trinajstić information content (AvgIpc) is 2.78. The van der Waals surface area contributed by atoms with Crippen LogP contribution in [0.1, 0.15) is 23.6 Å². The van der Waals surface area contributed by atoms with Crippen LogP contribution in [0.2, 0.25) is 0 Å². The van der Waals surface area contributed by atoms with Gasteiger partial charge in [0.05, 0.1) is 0 Å². The second kappa shape index (κ2) is 9.15. The van der Waals surface area contributed by atoms with Crippen LogP contribution in [-0.2, 0) is 0 Å². The first-order valence-corrected chi connectivity index (χ1v) is 10.5. The molecule has 4 aromatic rings. The second-order valence-electron chi connectivity index (χ2n) is 8.05. The van der Waals surface area contributed by atoms with Crippen molar-refractivity contribution >= 4 is 11.1 Å². The first-order valence-electron chi connectivity index (χ1n) is 10.5. The molecule has 0 spiro atoms. The minimum Gasteiger partial charge on any atom is -0.207 e. The number of hydrogen-bond acceptors (Lipinski definition) is 0. The maximum Gasteiger partial charge on any atom is 0.126 e. The Morgan fingerprint density at radius 1 is 0.656 bits per heavy atom. The van der Waals surface area contributed by atoms with Gasteiger partial charge in [-0.05, 0) is 88.2 Å². The summed E-state index contributed by atoms with van der Waals surface area (Å²) in [6.07, 6.45) is 1.86. The minimum atomic E-state index is -0.608. The van der Waals surface area contributed by atoms with Gasteiger partial charge in [-0.2, -0.15) is 0 Å². The van der Waals surface area contributed by atoms with Crippen molar-refractivity contribution in [2.45, 2.75) is 13.8 Å². The van der Waals surface area contributed by atoms with E-state index in [9.17, 15) is 8.78 Å². The van der Waals surface area contributed by atoms with Crippen LogP contribution >= 0.6 is 0 Å². The van der Waals surface area contributed by atoms with Gasteiger partial charge in [0, 0.05) is 6.07 Å². The highest BCUT2D eigenvalue weighted by Gasteiger charge is 2.07. The number of benzene rings is 4. The Morgan fingerprint density at radius 3 is 1.97 bits per heavy atom. The highest BCUT2D eigenvalue weighted by Crippen LogP contribution is 2.30. The smallest absolute Gasteiger partial charge is 0.126 e. The van der Waals surface area contributed by atoms with E-state index >= 15 is 0 Å². The molecule has 0 nitrogen and oxygen atoms in total. The minimum absolute atomic E-state index is 0.434. The molecule has 2 heteroatoms. The summed E-state index contributed by atoms with van der Waals surface area (Å²) >= 11 is 0. The van der Waals surface area contributed by atoms with E-state index in [2.05, 4.69) is 56.0 Å². The summed E-state index contributed by atoms with van der Waals surface area (Å²) < 4.78 is 27.2. The van der Waals surface area contributed by atoms with Crippen molar-refractivity contribution in [1.29, 1.82) is 0 Å². The van der Waals surface area contributed by atoms with Gasteiger partial charge in [-0.3, -0.25) is 0 Å². The Kier molecular flexibility index (Phi) is 6.13. The molecule has 0 aliphatic rings. The van der Waals surface area contributed by atoms with E-state index < -0.39 is 11.6 Å². The first-order chi connectivity index (χ1) is 15.4. The lowest BCUT2D eigenvalue weighted by molar-refractivity contribution is 0.582. The van der Waals surface area contributed by atoms with Gasteiger partial charge in [0.15, 0.2) is 0 Å². The molecule has 0 radical (unpaired) electrons. The number of hydrogen-bond donors (Lipinski definition) is 0. The zero-order chi connectivity index (χ0) is 22.7. The van der Waals surface area contributed by atoms with Crippen LogP contribution in [0, 0.1) is 18.6 Å². The fourth-order valence-corrected chi connectivity index (χ4v) is 3.86. The average molecular weight is 423 g/mol. The van der Waals surface area contributed by atoms with E-state index in [1.807, 2.05) is 43.3 Å². The van der Waals surface area contributed by atoms with E-state index in [0.29, 0.717) is 11.1 Å². The summed E-state index contributed by atoms with van der Waals surface area (Å²) in [7, 11) is 0. The SMILES string of the molecule is C=C(/C=C(\C)c1cccc(-c2cc(C)cc(-c3ccccc3)c2)c1)c1cc(F)cc(F)c1. The third-order valence-corrected chi connectivity index (χ3v) is 5.46. The summed E-state index contributed by atoms with van der Waals surface area (Å²) in [6.45, 7) is 8.08. The predicted molar refractivity (Wildman–Crippen MR) is 131 cm³/mol. The third-order valence-electron chi connectivity index (χ3n) is 5.46. The van der Waals surface area contributed by atoms with E-state index in [1.165, 1.54) is 28.8 Å². The van der Waals surface area contributed by atoms with Crippen LogP contribution in [0.4, 0.5) is 8.78 Å². The number of rotatable bonds is 5. The van der Waals surface area contributed by atoms with E-state index in [4.69, 9.17) is 0 Å². The molecule has 0 fully saturated rings. The fraction of sp³-hybridized carbons (Fsp3) is 0.0667. The van der Waals surface area contributed by atoms with Crippen LogP contribution in [0.5, 0.6) is 0 Å². The highest BCUT2D eigenvalue weighted by molar-refractivity contribution is 5.83. The summed E-state index contributed by atoms with van der Waals surface area (Å²) in [6, 6.07) is 28.6. The molecule has 0 N–H and O–H groups in total. The molecule has 32 heavy (non-hydrogen) atoms. The normalized spacial score (nSPS) is 11.4. The Morgan fingerprint density at radius 2 is 1.28 bits per heavy atom. The van der Waals surface area contributed by atoms with Crippen molar-refractivity contribution in [3.63, 3.8) is 0 Å². The van der Waals surface area contributed by atoms with Crippen molar-refractivity contribution in [2.24, 2.45) is 0 Å². The molecule has 0 unspecified atom stereocenters. The molecule has 0 saturated heterocycles. The van der Waals surface area contributed by atoms with Crippen LogP contribution in [-0.4, -0.2) is 0 Å². The predicted octanol–water partition coefficient (Wildman–Crippen LogP) is 8.72. The second-order valence-corrected chi connectivity index (χ2v) is 8.05. The van der Waals surface area contributed by atoms with E-state index in [0.717, 1.165) is 28.3 Å². The van der Waals surface area contributed by atoms with E-state index in [-0.39, 0.29) is 0 Å². The van der Waals surface area contributed by atoms with Crippen molar-refractivity contribution in [3.8, 4) is 22.3 Å². The number of halogens is 2. The molecule has 0 aliphatic heterocycles. The first kappa shape index (κ1) is 21.5. The van der Waals surface area contributed by atoms with Crippen molar-refractivity contribution in [1.82, 2.24) is 0 Å². The lowest BCUT2D eigenvalue weighted by Gasteiger charge is -2.11. The Hall–Kier alpha value is -3.78. The Balaban J connectivity index is 1.67. The Bertz CT molecular complexity index is 1290. The number of aryl methyl sites for hydroxylation is 1. The lowest BCUT2D eigenvalue weighted by Crippen LogP contribution is -1.88. The van der Waals surface area contributed by atoms with Gasteiger partial charge in [0.1, 0.15) is 11.6 Å². The maximum absolute atomic E-state index is 13.6. The van der Waals surface area contributed by atoms with Gasteiger partial charge in [-0.25, -0.2) is 8.78 Å². The topological polar surface area (TPSA) is 0 Å². The highest BCUT2D eigenvalue weighted by atomic mass is 19.1. The monoisotopic (exact) mass is 422 g/mol. The zero-order valence-corrected chi connectivity index (χ0v) is 18.2. The van der Waals surface area contributed by atoms with Crippen LogP contribution < -0.4 is 0 Å². The third kappa shape index (κ3) is 4.92. The molecule has 0 aliphatic carbocycles. The fourth-order valence-electron chi connectivity index (χ4n) is 3.86. The lowest BCUT2D eigenvalue weighted by atomic mass is 9.94. The van der Waals surface area contributed by atoms with E-state index in [1.54, 1.807) is 0 Å². The van der Waals surface area contributed by atoms with Crippen LogP contribution in [0.3, 0.4) is 0 Å². The summed E-state index contributed by atoms with van der Waals surface area (Å²) in [5.41, 5.74) is 8.81. The molecule has 0 heterocycles. The molecule has 0 bridgehead atoms. The number of allylic oxidation sites excluding steroid dienone is 3. The molecule has 0 saturated carbocycles. The molecule has 0 atom stereocenters. The molecule has 158 valence electrons. The van der Waals surface area contributed by atoms with Gasteiger partial charge in [0.25, 0.3) is 0 Å². The molecule has 4 rings (SSSR count). The molecule has 4 aromatic carbocycles.